The molecule has 1 aromatic rings. The molecule has 154 valence electrons. The molecule has 1 aromatic carbocycles. The standard InChI is InChI=1S/C21H30N2O4S/c1-4-28-14-20(25)22-11-16-12-23(19(24)9-10-26-2)21(18(16)13-22)15-5-7-17(27-3)8-6-15/h5-8,16,18,21H,4,9-14H2,1-3H3/t16-,18-,21-/m0/s1. The number of ether oxygens (including phenoxy) is 2. The average Bonchev–Trinajstić information content (AvgIpc) is 3.28. The van der Waals surface area contributed by atoms with E-state index in [1.807, 2.05) is 34.1 Å². The minimum Gasteiger partial charge on any atom is -0.497 e. The topological polar surface area (TPSA) is 59.1 Å². The number of fused-ring (bicyclic) bond motifs is 1. The van der Waals surface area contributed by atoms with E-state index < -0.39 is 0 Å². The van der Waals surface area contributed by atoms with Crippen LogP contribution in [-0.4, -0.2) is 73.6 Å². The molecule has 0 aliphatic carbocycles. The van der Waals surface area contributed by atoms with Gasteiger partial charge in [0.15, 0.2) is 0 Å². The summed E-state index contributed by atoms with van der Waals surface area (Å²) < 4.78 is 10.4. The lowest BCUT2D eigenvalue weighted by Crippen LogP contribution is -2.38. The van der Waals surface area contributed by atoms with Gasteiger partial charge in [0.1, 0.15) is 5.75 Å². The van der Waals surface area contributed by atoms with Gasteiger partial charge in [0.2, 0.25) is 11.8 Å². The highest BCUT2D eigenvalue weighted by atomic mass is 32.2. The van der Waals surface area contributed by atoms with E-state index in [-0.39, 0.29) is 23.8 Å². The first-order valence-corrected chi connectivity index (χ1v) is 11.0. The molecule has 3 rings (SSSR count). The Morgan fingerprint density at radius 1 is 1.11 bits per heavy atom. The number of carbonyl (C=O) groups is 2. The van der Waals surface area contributed by atoms with Gasteiger partial charge in [-0.25, -0.2) is 0 Å². The molecule has 2 amide bonds. The van der Waals surface area contributed by atoms with Crippen molar-refractivity contribution in [2.24, 2.45) is 11.8 Å². The van der Waals surface area contributed by atoms with Gasteiger partial charge in [-0.05, 0) is 23.4 Å². The van der Waals surface area contributed by atoms with Crippen molar-refractivity contribution in [3.05, 3.63) is 29.8 Å². The Hall–Kier alpha value is -1.73. The van der Waals surface area contributed by atoms with Crippen molar-refractivity contribution in [1.82, 2.24) is 9.80 Å². The van der Waals surface area contributed by atoms with Crippen LogP contribution in [0, 0.1) is 11.8 Å². The number of thioether (sulfide) groups is 1. The van der Waals surface area contributed by atoms with Gasteiger partial charge in [-0.15, -0.1) is 0 Å². The molecule has 2 heterocycles. The summed E-state index contributed by atoms with van der Waals surface area (Å²) in [4.78, 5) is 29.3. The highest BCUT2D eigenvalue weighted by Gasteiger charge is 2.49. The van der Waals surface area contributed by atoms with Crippen LogP contribution in [0.2, 0.25) is 0 Å². The zero-order valence-electron chi connectivity index (χ0n) is 16.9. The molecule has 28 heavy (non-hydrogen) atoms. The summed E-state index contributed by atoms with van der Waals surface area (Å²) in [5, 5.41) is 0. The number of hydrogen-bond acceptors (Lipinski definition) is 5. The van der Waals surface area contributed by atoms with Gasteiger partial charge in [0, 0.05) is 38.6 Å². The molecule has 0 unspecified atom stereocenters. The minimum absolute atomic E-state index is 0.00288. The Labute approximate surface area is 171 Å². The molecule has 0 radical (unpaired) electrons. The van der Waals surface area contributed by atoms with Gasteiger partial charge in [0.05, 0.1) is 31.9 Å². The van der Waals surface area contributed by atoms with Crippen molar-refractivity contribution in [3.8, 4) is 5.75 Å². The Kier molecular flexibility index (Phi) is 7.24. The molecule has 2 aliphatic rings. The van der Waals surface area contributed by atoms with Crippen LogP contribution in [0.25, 0.3) is 0 Å². The summed E-state index contributed by atoms with van der Waals surface area (Å²) in [6, 6.07) is 7.96. The van der Waals surface area contributed by atoms with Crippen molar-refractivity contribution < 1.29 is 19.1 Å². The number of hydrogen-bond donors (Lipinski definition) is 0. The van der Waals surface area contributed by atoms with E-state index in [1.165, 1.54) is 0 Å². The van der Waals surface area contributed by atoms with E-state index >= 15 is 0 Å². The molecule has 3 atom stereocenters. The molecular weight excluding hydrogens is 376 g/mol. The molecule has 0 N–H and O–H groups in total. The molecular formula is C21H30N2O4S. The zero-order valence-corrected chi connectivity index (χ0v) is 17.7. The van der Waals surface area contributed by atoms with Gasteiger partial charge >= 0.3 is 0 Å². The van der Waals surface area contributed by atoms with Crippen molar-refractivity contribution >= 4 is 23.6 Å². The second-order valence-corrected chi connectivity index (χ2v) is 8.64. The molecule has 2 aliphatic heterocycles. The summed E-state index contributed by atoms with van der Waals surface area (Å²) in [5.41, 5.74) is 1.11. The number of nitrogens with zero attached hydrogens (tertiary/aromatic N) is 2. The highest BCUT2D eigenvalue weighted by Crippen LogP contribution is 2.45. The molecule has 0 spiro atoms. The SMILES string of the molecule is CCSCC(=O)N1C[C@H]2CN(C(=O)CCOC)[C@@H](c3ccc(OC)cc3)[C@H]2C1. The van der Waals surface area contributed by atoms with Crippen LogP contribution < -0.4 is 4.74 Å². The third-order valence-corrected chi connectivity index (χ3v) is 6.60. The minimum atomic E-state index is -0.00288. The number of rotatable bonds is 8. The molecule has 6 nitrogen and oxygen atoms in total. The van der Waals surface area contributed by atoms with E-state index in [4.69, 9.17) is 9.47 Å². The predicted octanol–water partition coefficient (Wildman–Crippen LogP) is 2.44. The lowest BCUT2D eigenvalue weighted by Gasteiger charge is -2.30. The first-order chi connectivity index (χ1) is 13.6. The van der Waals surface area contributed by atoms with E-state index in [9.17, 15) is 9.59 Å². The maximum atomic E-state index is 12.8. The van der Waals surface area contributed by atoms with Crippen LogP contribution in [0.5, 0.6) is 5.75 Å². The maximum absolute atomic E-state index is 12.8. The fraction of sp³-hybridized carbons (Fsp3) is 0.619. The van der Waals surface area contributed by atoms with Crippen molar-refractivity contribution in [3.63, 3.8) is 0 Å². The van der Waals surface area contributed by atoms with Gasteiger partial charge in [-0.2, -0.15) is 11.8 Å². The largest absolute Gasteiger partial charge is 0.497 e. The summed E-state index contributed by atoms with van der Waals surface area (Å²) in [7, 11) is 3.26. The van der Waals surface area contributed by atoms with Gasteiger partial charge < -0.3 is 19.3 Å². The molecule has 0 saturated carbocycles. The van der Waals surface area contributed by atoms with Gasteiger partial charge in [-0.1, -0.05) is 19.1 Å². The highest BCUT2D eigenvalue weighted by molar-refractivity contribution is 7.99. The molecule has 0 aromatic heterocycles. The van der Waals surface area contributed by atoms with Crippen molar-refractivity contribution in [2.45, 2.75) is 19.4 Å². The van der Waals surface area contributed by atoms with E-state index in [0.29, 0.717) is 31.2 Å². The lowest BCUT2D eigenvalue weighted by molar-refractivity contribution is -0.134. The molecule has 0 bridgehead atoms. The smallest absolute Gasteiger partial charge is 0.232 e. The van der Waals surface area contributed by atoms with Crippen molar-refractivity contribution in [1.29, 1.82) is 0 Å². The van der Waals surface area contributed by atoms with Crippen LogP contribution in [0.1, 0.15) is 24.9 Å². The lowest BCUT2D eigenvalue weighted by atomic mass is 9.89. The summed E-state index contributed by atoms with van der Waals surface area (Å²) >= 11 is 1.66. The summed E-state index contributed by atoms with van der Waals surface area (Å²) in [6.07, 6.45) is 0.387. The third kappa shape index (κ3) is 4.46. The quantitative estimate of drug-likeness (QED) is 0.664. The molecule has 2 saturated heterocycles. The fourth-order valence-corrected chi connectivity index (χ4v) is 4.91. The zero-order chi connectivity index (χ0) is 20.1. The number of benzene rings is 1. The summed E-state index contributed by atoms with van der Waals surface area (Å²) in [6.45, 7) is 4.67. The van der Waals surface area contributed by atoms with Crippen molar-refractivity contribution in [2.75, 3.05) is 52.0 Å². The fourth-order valence-electron chi connectivity index (χ4n) is 4.35. The predicted molar refractivity (Wildman–Crippen MR) is 111 cm³/mol. The number of methoxy groups -OCH3 is 2. The van der Waals surface area contributed by atoms with Crippen LogP contribution in [0.3, 0.4) is 0 Å². The Morgan fingerprint density at radius 3 is 2.50 bits per heavy atom. The second-order valence-electron chi connectivity index (χ2n) is 7.37. The number of carbonyl (C=O) groups excluding carboxylic acids is 2. The second kappa shape index (κ2) is 9.65. The third-order valence-electron chi connectivity index (χ3n) is 5.74. The van der Waals surface area contributed by atoms with Gasteiger partial charge in [0.25, 0.3) is 0 Å². The molecule has 7 heteroatoms. The number of amides is 2. The first-order valence-electron chi connectivity index (χ1n) is 9.86. The average molecular weight is 407 g/mol. The summed E-state index contributed by atoms with van der Waals surface area (Å²) in [5.74, 6) is 3.23. The van der Waals surface area contributed by atoms with E-state index in [1.54, 1.807) is 26.0 Å². The Morgan fingerprint density at radius 2 is 1.86 bits per heavy atom. The Bertz CT molecular complexity index is 681. The van der Waals surface area contributed by atoms with Crippen LogP contribution in [0.15, 0.2) is 24.3 Å². The monoisotopic (exact) mass is 406 g/mol. The van der Waals surface area contributed by atoms with E-state index in [0.717, 1.165) is 30.2 Å². The van der Waals surface area contributed by atoms with Gasteiger partial charge in [-0.3, -0.25) is 9.59 Å². The Balaban J connectivity index is 1.79. The number of likely N-dealkylation sites (tertiary alicyclic amines) is 2. The maximum Gasteiger partial charge on any atom is 0.232 e. The van der Waals surface area contributed by atoms with E-state index in [2.05, 4.69) is 6.92 Å². The first kappa shape index (κ1) is 21.0. The van der Waals surface area contributed by atoms with Crippen LogP contribution >= 0.6 is 11.8 Å². The van der Waals surface area contributed by atoms with Crippen LogP contribution in [-0.2, 0) is 14.3 Å². The normalized spacial score (nSPS) is 23.8. The molecule has 2 fully saturated rings. The van der Waals surface area contributed by atoms with Crippen LogP contribution in [0.4, 0.5) is 0 Å².